The number of thiazole rings is 1. The fourth-order valence-electron chi connectivity index (χ4n) is 2.22. The first-order chi connectivity index (χ1) is 10.1. The van der Waals surface area contributed by atoms with Gasteiger partial charge in [-0.2, -0.15) is 11.3 Å². The molecular weight excluding hydrogens is 306 g/mol. The number of nitrogens with one attached hydrogen (secondary N) is 2. The van der Waals surface area contributed by atoms with Gasteiger partial charge in [0.15, 0.2) is 0 Å². The van der Waals surface area contributed by atoms with Gasteiger partial charge in [0.25, 0.3) is 5.91 Å². The minimum atomic E-state index is -0.104. The molecule has 3 heterocycles. The summed E-state index contributed by atoms with van der Waals surface area (Å²) < 4.78 is 0. The van der Waals surface area contributed by atoms with Gasteiger partial charge in [-0.05, 0) is 24.8 Å². The molecule has 7 heteroatoms. The molecule has 0 spiro atoms. The van der Waals surface area contributed by atoms with Crippen LogP contribution in [0.2, 0.25) is 0 Å². The third-order valence-corrected chi connectivity index (χ3v) is 5.26. The van der Waals surface area contributed by atoms with Crippen molar-refractivity contribution >= 4 is 34.5 Å². The van der Waals surface area contributed by atoms with Gasteiger partial charge >= 0.3 is 0 Å². The maximum atomic E-state index is 12.3. The number of rotatable bonds is 3. The fraction of sp³-hybridized carbons (Fsp3) is 0.357. The van der Waals surface area contributed by atoms with Gasteiger partial charge in [0.05, 0.1) is 5.69 Å². The van der Waals surface area contributed by atoms with Crippen LogP contribution in [0.4, 0.5) is 0 Å². The van der Waals surface area contributed by atoms with Gasteiger partial charge in [-0.1, -0.05) is 0 Å². The predicted molar refractivity (Wildman–Crippen MR) is 83.7 cm³/mol. The van der Waals surface area contributed by atoms with Crippen LogP contribution in [-0.4, -0.2) is 29.4 Å². The molecule has 0 aliphatic carbocycles. The van der Waals surface area contributed by atoms with Gasteiger partial charge < -0.3 is 10.6 Å². The fourth-order valence-corrected chi connectivity index (χ4v) is 3.90. The van der Waals surface area contributed by atoms with Crippen molar-refractivity contribution in [1.82, 2.24) is 15.6 Å². The van der Waals surface area contributed by atoms with Crippen LogP contribution in [0.5, 0.6) is 0 Å². The van der Waals surface area contributed by atoms with Crippen LogP contribution in [-0.2, 0) is 4.79 Å². The molecule has 0 aromatic carbocycles. The van der Waals surface area contributed by atoms with Gasteiger partial charge in [0.2, 0.25) is 5.91 Å². The van der Waals surface area contributed by atoms with E-state index < -0.39 is 0 Å². The van der Waals surface area contributed by atoms with E-state index in [4.69, 9.17) is 0 Å². The Morgan fingerprint density at radius 1 is 1.52 bits per heavy atom. The molecule has 1 aliphatic heterocycles. The van der Waals surface area contributed by atoms with E-state index in [-0.39, 0.29) is 17.9 Å². The van der Waals surface area contributed by atoms with Crippen molar-refractivity contribution in [3.05, 3.63) is 27.4 Å². The largest absolute Gasteiger partial charge is 0.354 e. The Morgan fingerprint density at radius 2 is 2.38 bits per heavy atom. The number of carbonyl (C=O) groups excluding carboxylic acids is 2. The zero-order chi connectivity index (χ0) is 14.8. The summed E-state index contributed by atoms with van der Waals surface area (Å²) in [5.41, 5.74) is 1.80. The molecule has 1 fully saturated rings. The molecule has 1 saturated heterocycles. The SMILES string of the molecule is Cc1nc(-c2ccsc2)sc1C(=O)NC1CCC(=O)NC1. The Balaban J connectivity index is 1.71. The first-order valence-electron chi connectivity index (χ1n) is 6.71. The predicted octanol–water partition coefficient (Wildman–Crippen LogP) is 2.19. The molecule has 0 saturated carbocycles. The van der Waals surface area contributed by atoms with E-state index >= 15 is 0 Å². The van der Waals surface area contributed by atoms with E-state index in [1.807, 2.05) is 23.8 Å². The normalized spacial score (nSPS) is 18.3. The number of hydrogen-bond acceptors (Lipinski definition) is 5. The van der Waals surface area contributed by atoms with Crippen molar-refractivity contribution in [1.29, 1.82) is 0 Å². The lowest BCUT2D eigenvalue weighted by Crippen LogP contribution is -2.47. The number of piperidine rings is 1. The highest BCUT2D eigenvalue weighted by molar-refractivity contribution is 7.17. The summed E-state index contributed by atoms with van der Waals surface area (Å²) in [6.45, 7) is 2.35. The smallest absolute Gasteiger partial charge is 0.263 e. The highest BCUT2D eigenvalue weighted by Crippen LogP contribution is 2.29. The van der Waals surface area contributed by atoms with Gasteiger partial charge in [0, 0.05) is 30.0 Å². The Kier molecular flexibility index (Phi) is 4.03. The molecule has 2 amide bonds. The standard InChI is InChI=1S/C14H15N3O2S2/c1-8-12(21-14(16-8)9-4-5-20-7-9)13(19)17-10-2-3-11(18)15-6-10/h4-5,7,10H,2-3,6H2,1H3,(H,15,18)(H,17,19). The summed E-state index contributed by atoms with van der Waals surface area (Å²) in [6, 6.07) is 2.00. The van der Waals surface area contributed by atoms with Crippen LogP contribution in [0.25, 0.3) is 10.6 Å². The van der Waals surface area contributed by atoms with E-state index in [0.29, 0.717) is 24.3 Å². The average Bonchev–Trinajstić information content (AvgIpc) is 3.10. The molecule has 1 aliphatic rings. The number of amides is 2. The topological polar surface area (TPSA) is 71.1 Å². The van der Waals surface area contributed by atoms with E-state index in [0.717, 1.165) is 16.3 Å². The van der Waals surface area contributed by atoms with Crippen molar-refractivity contribution in [3.63, 3.8) is 0 Å². The third kappa shape index (κ3) is 3.14. The van der Waals surface area contributed by atoms with Gasteiger partial charge in [-0.3, -0.25) is 9.59 Å². The number of aromatic nitrogens is 1. The van der Waals surface area contributed by atoms with Crippen LogP contribution >= 0.6 is 22.7 Å². The van der Waals surface area contributed by atoms with Crippen LogP contribution in [0.1, 0.15) is 28.2 Å². The Bertz CT molecular complexity index is 654. The number of aryl methyl sites for hydroxylation is 1. The van der Waals surface area contributed by atoms with E-state index in [1.54, 1.807) is 11.3 Å². The minimum Gasteiger partial charge on any atom is -0.354 e. The number of hydrogen-bond donors (Lipinski definition) is 2. The molecule has 110 valence electrons. The first-order valence-corrected chi connectivity index (χ1v) is 8.47. The molecule has 2 aromatic heterocycles. The summed E-state index contributed by atoms with van der Waals surface area (Å²) in [6.07, 6.45) is 1.15. The molecule has 5 nitrogen and oxygen atoms in total. The Hall–Kier alpha value is -1.73. The lowest BCUT2D eigenvalue weighted by molar-refractivity contribution is -0.122. The Labute approximate surface area is 130 Å². The summed E-state index contributed by atoms with van der Waals surface area (Å²) in [4.78, 5) is 28.6. The van der Waals surface area contributed by atoms with Crippen molar-refractivity contribution < 1.29 is 9.59 Å². The first kappa shape index (κ1) is 14.2. The molecule has 2 N–H and O–H groups in total. The maximum absolute atomic E-state index is 12.3. The van der Waals surface area contributed by atoms with Crippen molar-refractivity contribution in [2.24, 2.45) is 0 Å². The summed E-state index contributed by atoms with van der Waals surface area (Å²) >= 11 is 3.02. The molecule has 0 bridgehead atoms. The molecule has 1 unspecified atom stereocenters. The summed E-state index contributed by atoms with van der Waals surface area (Å²) in [5, 5.41) is 10.6. The lowest BCUT2D eigenvalue weighted by atomic mass is 10.1. The molecule has 2 aromatic rings. The van der Waals surface area contributed by atoms with Gasteiger partial charge in [-0.15, -0.1) is 11.3 Å². The van der Waals surface area contributed by atoms with Crippen molar-refractivity contribution in [2.75, 3.05) is 6.54 Å². The molecule has 0 radical (unpaired) electrons. The summed E-state index contributed by atoms with van der Waals surface area (Å²) in [5.74, 6) is -0.0538. The van der Waals surface area contributed by atoms with Gasteiger partial charge in [-0.25, -0.2) is 4.98 Å². The Morgan fingerprint density at radius 3 is 3.05 bits per heavy atom. The maximum Gasteiger partial charge on any atom is 0.263 e. The summed E-state index contributed by atoms with van der Waals surface area (Å²) in [7, 11) is 0. The monoisotopic (exact) mass is 321 g/mol. The van der Waals surface area contributed by atoms with E-state index in [2.05, 4.69) is 15.6 Å². The van der Waals surface area contributed by atoms with Crippen molar-refractivity contribution in [3.8, 4) is 10.6 Å². The highest BCUT2D eigenvalue weighted by Gasteiger charge is 2.22. The zero-order valence-electron chi connectivity index (χ0n) is 11.5. The minimum absolute atomic E-state index is 0.00120. The second-order valence-electron chi connectivity index (χ2n) is 4.96. The average molecular weight is 321 g/mol. The van der Waals surface area contributed by atoms with Crippen LogP contribution in [0.3, 0.4) is 0 Å². The van der Waals surface area contributed by atoms with Crippen LogP contribution in [0.15, 0.2) is 16.8 Å². The van der Waals surface area contributed by atoms with E-state index in [1.165, 1.54) is 11.3 Å². The highest BCUT2D eigenvalue weighted by atomic mass is 32.1. The third-order valence-electron chi connectivity index (χ3n) is 3.37. The van der Waals surface area contributed by atoms with Crippen LogP contribution in [0, 0.1) is 6.92 Å². The lowest BCUT2D eigenvalue weighted by Gasteiger charge is -2.23. The molecule has 1 atom stereocenters. The molecular formula is C14H15N3O2S2. The zero-order valence-corrected chi connectivity index (χ0v) is 13.1. The number of carbonyl (C=O) groups is 2. The van der Waals surface area contributed by atoms with Gasteiger partial charge in [0.1, 0.15) is 9.88 Å². The van der Waals surface area contributed by atoms with E-state index in [9.17, 15) is 9.59 Å². The quantitative estimate of drug-likeness (QED) is 0.910. The number of nitrogens with zero attached hydrogens (tertiary/aromatic N) is 1. The molecule has 3 rings (SSSR count). The van der Waals surface area contributed by atoms with Crippen LogP contribution < -0.4 is 10.6 Å². The molecule has 21 heavy (non-hydrogen) atoms. The second-order valence-corrected chi connectivity index (χ2v) is 6.74. The van der Waals surface area contributed by atoms with Crippen molar-refractivity contribution in [2.45, 2.75) is 25.8 Å². The number of thiophene rings is 1. The second kappa shape index (κ2) is 5.95.